The van der Waals surface area contributed by atoms with E-state index in [1.165, 1.54) is 11.3 Å². The molecule has 6 heteroatoms. The second kappa shape index (κ2) is 7.36. The summed E-state index contributed by atoms with van der Waals surface area (Å²) < 4.78 is 23.7. The summed E-state index contributed by atoms with van der Waals surface area (Å²) in [4.78, 5) is 5.64. The quantitative estimate of drug-likeness (QED) is 0.802. The van der Waals surface area contributed by atoms with E-state index in [2.05, 4.69) is 31.1 Å². The zero-order valence-corrected chi connectivity index (χ0v) is 13.8. The van der Waals surface area contributed by atoms with E-state index in [9.17, 15) is 8.42 Å². The lowest BCUT2D eigenvalue weighted by Crippen LogP contribution is -2.21. The first-order chi connectivity index (χ1) is 8.88. The van der Waals surface area contributed by atoms with Gasteiger partial charge >= 0.3 is 0 Å². The van der Waals surface area contributed by atoms with Crippen molar-refractivity contribution in [1.29, 1.82) is 0 Å². The van der Waals surface area contributed by atoms with Gasteiger partial charge in [0.1, 0.15) is 10.8 Å². The van der Waals surface area contributed by atoms with Crippen molar-refractivity contribution in [3.63, 3.8) is 0 Å². The fourth-order valence-corrected chi connectivity index (χ4v) is 4.67. The van der Waals surface area contributed by atoms with Crippen LogP contribution in [0.3, 0.4) is 0 Å². The van der Waals surface area contributed by atoms with Crippen LogP contribution < -0.4 is 5.32 Å². The monoisotopic (exact) mass is 304 g/mol. The maximum atomic E-state index is 11.8. The predicted octanol–water partition coefficient (Wildman–Crippen LogP) is 2.53. The van der Waals surface area contributed by atoms with E-state index in [1.807, 2.05) is 6.92 Å². The fraction of sp³-hybridized carbons (Fsp3) is 0.769. The summed E-state index contributed by atoms with van der Waals surface area (Å²) in [6.07, 6.45) is 1.51. The highest BCUT2D eigenvalue weighted by Crippen LogP contribution is 2.21. The van der Waals surface area contributed by atoms with E-state index in [0.29, 0.717) is 12.5 Å². The Balaban J connectivity index is 2.81. The highest BCUT2D eigenvalue weighted by molar-refractivity contribution is 7.90. The fourth-order valence-electron chi connectivity index (χ4n) is 1.78. The van der Waals surface area contributed by atoms with Crippen molar-refractivity contribution in [2.75, 3.05) is 5.75 Å². The van der Waals surface area contributed by atoms with Gasteiger partial charge in [0, 0.05) is 17.5 Å². The molecule has 0 aliphatic heterocycles. The first-order valence-electron chi connectivity index (χ1n) is 6.79. The van der Waals surface area contributed by atoms with Gasteiger partial charge in [-0.25, -0.2) is 13.4 Å². The van der Waals surface area contributed by atoms with Crippen molar-refractivity contribution in [2.24, 2.45) is 0 Å². The summed E-state index contributed by atoms with van der Waals surface area (Å²) in [7, 11) is -3.00. The lowest BCUT2D eigenvalue weighted by molar-refractivity contribution is 0.590. The van der Waals surface area contributed by atoms with Gasteiger partial charge in [-0.2, -0.15) is 0 Å². The molecule has 0 spiro atoms. The van der Waals surface area contributed by atoms with Crippen molar-refractivity contribution in [2.45, 2.75) is 58.9 Å². The number of hydrogen-bond donors (Lipinski definition) is 1. The Kier molecular flexibility index (Phi) is 6.42. The molecule has 0 aliphatic rings. The molecular formula is C13H24N2O2S2. The first kappa shape index (κ1) is 16.6. The van der Waals surface area contributed by atoms with E-state index in [1.54, 1.807) is 0 Å². The molecule has 0 saturated heterocycles. The Bertz CT molecular complexity index is 493. The molecule has 1 rings (SSSR count). The molecule has 1 aromatic rings. The predicted molar refractivity (Wildman–Crippen MR) is 81.2 cm³/mol. The molecule has 1 aromatic heterocycles. The Morgan fingerprint density at radius 1 is 1.32 bits per heavy atom. The maximum absolute atomic E-state index is 11.8. The Morgan fingerprint density at radius 2 is 2.00 bits per heavy atom. The molecule has 0 aromatic carbocycles. The molecule has 19 heavy (non-hydrogen) atoms. The highest BCUT2D eigenvalue weighted by Gasteiger charge is 2.16. The average Bonchev–Trinajstić information content (AvgIpc) is 2.67. The molecule has 1 N–H and O–H groups in total. The van der Waals surface area contributed by atoms with Gasteiger partial charge in [-0.05, 0) is 12.8 Å². The molecule has 110 valence electrons. The topological polar surface area (TPSA) is 59.1 Å². The van der Waals surface area contributed by atoms with Gasteiger partial charge in [0.2, 0.25) is 0 Å². The Labute approximate surface area is 120 Å². The van der Waals surface area contributed by atoms with E-state index in [4.69, 9.17) is 0 Å². The second-order valence-electron chi connectivity index (χ2n) is 4.96. The van der Waals surface area contributed by atoms with Crippen LogP contribution in [-0.2, 0) is 28.6 Å². The van der Waals surface area contributed by atoms with Crippen molar-refractivity contribution < 1.29 is 8.42 Å². The molecule has 0 radical (unpaired) electrons. The molecule has 0 fully saturated rings. The van der Waals surface area contributed by atoms with Crippen molar-refractivity contribution in [3.05, 3.63) is 15.6 Å². The van der Waals surface area contributed by atoms with E-state index in [-0.39, 0.29) is 11.5 Å². The molecule has 0 atom stereocenters. The van der Waals surface area contributed by atoms with Gasteiger partial charge < -0.3 is 5.32 Å². The van der Waals surface area contributed by atoms with Crippen molar-refractivity contribution in [3.8, 4) is 0 Å². The highest BCUT2D eigenvalue weighted by atomic mass is 32.2. The van der Waals surface area contributed by atoms with E-state index in [0.717, 1.165) is 28.5 Å². The lowest BCUT2D eigenvalue weighted by Gasteiger charge is -2.06. The molecule has 0 saturated carbocycles. The standard InChI is InChI=1S/C13H24N2O2S2/c1-5-7-19(16,17)9-13-15-11(6-2)12(18-13)8-14-10(3)4/h10,14H,5-9H2,1-4H3. The Hall–Kier alpha value is -0.460. The molecule has 1 heterocycles. The summed E-state index contributed by atoms with van der Waals surface area (Å²) >= 11 is 1.53. The number of hydrogen-bond acceptors (Lipinski definition) is 5. The molecule has 0 aliphatic carbocycles. The number of aromatic nitrogens is 1. The van der Waals surface area contributed by atoms with E-state index >= 15 is 0 Å². The van der Waals surface area contributed by atoms with Crippen LogP contribution in [0.2, 0.25) is 0 Å². The van der Waals surface area contributed by atoms with Gasteiger partial charge in [0.05, 0.1) is 11.4 Å². The average molecular weight is 304 g/mol. The maximum Gasteiger partial charge on any atom is 0.156 e. The normalized spacial score (nSPS) is 12.3. The van der Waals surface area contributed by atoms with Crippen molar-refractivity contribution >= 4 is 21.2 Å². The molecule has 4 nitrogen and oxygen atoms in total. The summed E-state index contributed by atoms with van der Waals surface area (Å²) in [6.45, 7) is 8.90. The van der Waals surface area contributed by atoms with Crippen LogP contribution in [0.25, 0.3) is 0 Å². The number of sulfone groups is 1. The lowest BCUT2D eigenvalue weighted by atomic mass is 10.3. The van der Waals surface area contributed by atoms with Crippen LogP contribution in [0, 0.1) is 0 Å². The van der Waals surface area contributed by atoms with Gasteiger partial charge in [-0.3, -0.25) is 0 Å². The summed E-state index contributed by atoms with van der Waals surface area (Å²) in [5.41, 5.74) is 1.03. The summed E-state index contributed by atoms with van der Waals surface area (Å²) in [5.74, 6) is 0.327. The summed E-state index contributed by atoms with van der Waals surface area (Å²) in [6, 6.07) is 0.416. The third-order valence-corrected chi connectivity index (χ3v) is 5.71. The molecular weight excluding hydrogens is 280 g/mol. The zero-order chi connectivity index (χ0) is 14.5. The van der Waals surface area contributed by atoms with Crippen LogP contribution in [0.4, 0.5) is 0 Å². The van der Waals surface area contributed by atoms with Crippen LogP contribution in [-0.4, -0.2) is 25.2 Å². The van der Waals surface area contributed by atoms with Crippen LogP contribution in [0.5, 0.6) is 0 Å². The third-order valence-electron chi connectivity index (χ3n) is 2.69. The molecule has 0 amide bonds. The number of rotatable bonds is 8. The minimum Gasteiger partial charge on any atom is -0.310 e. The molecule has 0 bridgehead atoms. The molecule has 0 unspecified atom stereocenters. The van der Waals surface area contributed by atoms with Crippen LogP contribution in [0.1, 0.15) is 49.7 Å². The zero-order valence-electron chi connectivity index (χ0n) is 12.2. The minimum atomic E-state index is -3.00. The van der Waals surface area contributed by atoms with Gasteiger partial charge in [-0.1, -0.05) is 27.7 Å². The van der Waals surface area contributed by atoms with Gasteiger partial charge in [-0.15, -0.1) is 11.3 Å². The minimum absolute atomic E-state index is 0.0835. The third kappa shape index (κ3) is 5.58. The number of aryl methyl sites for hydroxylation is 1. The smallest absolute Gasteiger partial charge is 0.156 e. The number of nitrogens with one attached hydrogen (secondary N) is 1. The van der Waals surface area contributed by atoms with E-state index < -0.39 is 9.84 Å². The SMILES string of the molecule is CCCS(=O)(=O)Cc1nc(CC)c(CNC(C)C)s1. The largest absolute Gasteiger partial charge is 0.310 e. The van der Waals surface area contributed by atoms with Gasteiger partial charge in [0.15, 0.2) is 9.84 Å². The number of nitrogens with zero attached hydrogens (tertiary/aromatic N) is 1. The second-order valence-corrected chi connectivity index (χ2v) is 8.31. The Morgan fingerprint density at radius 3 is 2.53 bits per heavy atom. The summed E-state index contributed by atoms with van der Waals surface area (Å²) in [5, 5.41) is 4.09. The number of thiazole rings is 1. The first-order valence-corrected chi connectivity index (χ1v) is 9.43. The van der Waals surface area contributed by atoms with Crippen LogP contribution >= 0.6 is 11.3 Å². The van der Waals surface area contributed by atoms with Crippen LogP contribution in [0.15, 0.2) is 0 Å². The van der Waals surface area contributed by atoms with Crippen molar-refractivity contribution in [1.82, 2.24) is 10.3 Å². The van der Waals surface area contributed by atoms with Gasteiger partial charge in [0.25, 0.3) is 0 Å².